The van der Waals surface area contributed by atoms with Crippen LogP contribution in [0.5, 0.6) is 0 Å². The van der Waals surface area contributed by atoms with Crippen LogP contribution in [-0.2, 0) is 12.8 Å². The van der Waals surface area contributed by atoms with E-state index in [0.717, 1.165) is 17.5 Å². The molecule has 0 atom stereocenters. The first-order valence-corrected chi connectivity index (χ1v) is 15.1. The standard InChI is InChI=1S/C35H52O/c1-3-5-7-8-9-10-11-12-13-14-15-16-19-22-32-28-26-31(30-34(32)25-18-6-4-2)27-29-35(36)33-23-20-17-21-24-33/h17,20-21,23-24,26-30H,3-16,18-19,22,25H2,1-2H3. The molecule has 0 N–H and O–H groups in total. The zero-order valence-electron chi connectivity index (χ0n) is 23.4. The Morgan fingerprint density at radius 1 is 0.583 bits per heavy atom. The van der Waals surface area contributed by atoms with Crippen LogP contribution in [0, 0.1) is 0 Å². The topological polar surface area (TPSA) is 17.1 Å². The maximum Gasteiger partial charge on any atom is 0.185 e. The number of rotatable bonds is 21. The summed E-state index contributed by atoms with van der Waals surface area (Å²) in [5.41, 5.74) is 4.88. The van der Waals surface area contributed by atoms with Gasteiger partial charge in [-0.15, -0.1) is 0 Å². The molecular formula is C35H52O. The molecule has 198 valence electrons. The van der Waals surface area contributed by atoms with Crippen molar-refractivity contribution in [3.8, 4) is 0 Å². The lowest BCUT2D eigenvalue weighted by molar-refractivity contribution is 0.104. The van der Waals surface area contributed by atoms with Gasteiger partial charge < -0.3 is 0 Å². The van der Waals surface area contributed by atoms with Crippen LogP contribution in [0.1, 0.15) is 144 Å². The first-order chi connectivity index (χ1) is 17.7. The number of ketones is 1. The first-order valence-electron chi connectivity index (χ1n) is 15.1. The van der Waals surface area contributed by atoms with E-state index in [9.17, 15) is 4.79 Å². The number of carbonyl (C=O) groups excluding carboxylic acids is 1. The Bertz CT molecular complexity index is 848. The van der Waals surface area contributed by atoms with Crippen molar-refractivity contribution in [3.63, 3.8) is 0 Å². The van der Waals surface area contributed by atoms with E-state index in [-0.39, 0.29) is 5.78 Å². The summed E-state index contributed by atoms with van der Waals surface area (Å²) in [5, 5.41) is 0. The zero-order chi connectivity index (χ0) is 25.7. The summed E-state index contributed by atoms with van der Waals surface area (Å²) in [6.07, 6.45) is 28.0. The number of benzene rings is 2. The number of aryl methyl sites for hydroxylation is 2. The molecule has 0 saturated heterocycles. The van der Waals surface area contributed by atoms with Gasteiger partial charge in [0.2, 0.25) is 0 Å². The van der Waals surface area contributed by atoms with Gasteiger partial charge in [0.05, 0.1) is 0 Å². The molecule has 1 nitrogen and oxygen atoms in total. The van der Waals surface area contributed by atoms with Crippen molar-refractivity contribution >= 4 is 11.9 Å². The van der Waals surface area contributed by atoms with Gasteiger partial charge in [-0.2, -0.15) is 0 Å². The van der Waals surface area contributed by atoms with Crippen molar-refractivity contribution < 1.29 is 4.79 Å². The number of allylic oxidation sites excluding steroid dienone is 1. The number of hydrogen-bond acceptors (Lipinski definition) is 1. The summed E-state index contributed by atoms with van der Waals surface area (Å²) in [6, 6.07) is 16.4. The molecule has 0 spiro atoms. The van der Waals surface area contributed by atoms with Gasteiger partial charge in [-0.1, -0.05) is 158 Å². The van der Waals surface area contributed by atoms with Crippen molar-refractivity contribution in [2.24, 2.45) is 0 Å². The van der Waals surface area contributed by atoms with Gasteiger partial charge in [-0.3, -0.25) is 4.79 Å². The van der Waals surface area contributed by atoms with Crippen LogP contribution in [0.25, 0.3) is 6.08 Å². The molecule has 2 aromatic carbocycles. The third-order valence-corrected chi connectivity index (χ3v) is 7.32. The van der Waals surface area contributed by atoms with E-state index < -0.39 is 0 Å². The van der Waals surface area contributed by atoms with Gasteiger partial charge in [0.1, 0.15) is 0 Å². The second-order valence-corrected chi connectivity index (χ2v) is 10.5. The van der Waals surface area contributed by atoms with Crippen molar-refractivity contribution in [1.29, 1.82) is 0 Å². The highest BCUT2D eigenvalue weighted by atomic mass is 16.1. The molecule has 0 aromatic heterocycles. The smallest absolute Gasteiger partial charge is 0.185 e. The molecule has 0 heterocycles. The molecule has 0 bridgehead atoms. The van der Waals surface area contributed by atoms with Crippen LogP contribution in [0.2, 0.25) is 0 Å². The summed E-state index contributed by atoms with van der Waals surface area (Å²) in [6.45, 7) is 4.56. The molecule has 2 rings (SSSR count). The Morgan fingerprint density at radius 2 is 1.08 bits per heavy atom. The van der Waals surface area contributed by atoms with Gasteiger partial charge in [0, 0.05) is 5.56 Å². The minimum Gasteiger partial charge on any atom is -0.289 e. The van der Waals surface area contributed by atoms with Crippen molar-refractivity contribution in [1.82, 2.24) is 0 Å². The van der Waals surface area contributed by atoms with Gasteiger partial charge in [0.15, 0.2) is 5.78 Å². The van der Waals surface area contributed by atoms with Crippen LogP contribution < -0.4 is 0 Å². The highest BCUT2D eigenvalue weighted by Crippen LogP contribution is 2.20. The third-order valence-electron chi connectivity index (χ3n) is 7.32. The summed E-state index contributed by atoms with van der Waals surface area (Å²) < 4.78 is 0. The average Bonchev–Trinajstić information content (AvgIpc) is 2.91. The molecule has 0 amide bonds. The summed E-state index contributed by atoms with van der Waals surface area (Å²) in [4.78, 5) is 12.4. The molecule has 0 aliphatic rings. The SMILES string of the molecule is CCCCCCCCCCCCCCCc1ccc(C=CC(=O)c2ccccc2)cc1CCCCC. The Hall–Kier alpha value is -2.15. The highest BCUT2D eigenvalue weighted by Gasteiger charge is 2.05. The molecule has 1 heteroatoms. The van der Waals surface area contributed by atoms with Crippen molar-refractivity contribution in [2.45, 2.75) is 129 Å². The van der Waals surface area contributed by atoms with Gasteiger partial charge in [-0.25, -0.2) is 0 Å². The molecule has 2 aromatic rings. The van der Waals surface area contributed by atoms with E-state index in [0.29, 0.717) is 0 Å². The lowest BCUT2D eigenvalue weighted by Crippen LogP contribution is -1.97. The fraction of sp³-hybridized carbons (Fsp3) is 0.571. The normalized spacial score (nSPS) is 11.4. The Balaban J connectivity index is 1.72. The van der Waals surface area contributed by atoms with Crippen molar-refractivity contribution in [2.75, 3.05) is 0 Å². The quantitative estimate of drug-likeness (QED) is 0.0969. The minimum absolute atomic E-state index is 0.0687. The molecule has 0 fully saturated rings. The Labute approximate surface area is 222 Å². The van der Waals surface area contributed by atoms with Gasteiger partial charge >= 0.3 is 0 Å². The number of hydrogen-bond donors (Lipinski definition) is 0. The van der Waals surface area contributed by atoms with E-state index in [2.05, 4.69) is 32.0 Å². The van der Waals surface area contributed by atoms with E-state index >= 15 is 0 Å². The molecule has 0 aliphatic carbocycles. The van der Waals surface area contributed by atoms with Crippen LogP contribution in [-0.4, -0.2) is 5.78 Å². The summed E-state index contributed by atoms with van der Waals surface area (Å²) in [5.74, 6) is 0.0687. The number of carbonyl (C=O) groups is 1. The minimum atomic E-state index is 0.0687. The largest absolute Gasteiger partial charge is 0.289 e. The maximum atomic E-state index is 12.4. The average molecular weight is 489 g/mol. The van der Waals surface area contributed by atoms with Crippen LogP contribution >= 0.6 is 0 Å². The summed E-state index contributed by atoms with van der Waals surface area (Å²) in [7, 11) is 0. The monoisotopic (exact) mass is 488 g/mol. The van der Waals surface area contributed by atoms with E-state index in [1.54, 1.807) is 6.08 Å². The van der Waals surface area contributed by atoms with Crippen LogP contribution in [0.4, 0.5) is 0 Å². The molecule has 36 heavy (non-hydrogen) atoms. The Morgan fingerprint density at radius 3 is 1.69 bits per heavy atom. The third kappa shape index (κ3) is 13.2. The van der Waals surface area contributed by atoms with Crippen LogP contribution in [0.3, 0.4) is 0 Å². The number of unbranched alkanes of at least 4 members (excludes halogenated alkanes) is 14. The molecular weight excluding hydrogens is 436 g/mol. The highest BCUT2D eigenvalue weighted by molar-refractivity contribution is 6.06. The second kappa shape index (κ2) is 20.0. The zero-order valence-corrected chi connectivity index (χ0v) is 23.4. The van der Waals surface area contributed by atoms with Gasteiger partial charge in [0.25, 0.3) is 0 Å². The lowest BCUT2D eigenvalue weighted by atomic mass is 9.94. The molecule has 0 unspecified atom stereocenters. The molecule has 0 radical (unpaired) electrons. The Kier molecular flexibility index (Phi) is 16.7. The fourth-order valence-corrected chi connectivity index (χ4v) is 5.00. The lowest BCUT2D eigenvalue weighted by Gasteiger charge is -2.11. The van der Waals surface area contributed by atoms with E-state index in [4.69, 9.17) is 0 Å². The van der Waals surface area contributed by atoms with Gasteiger partial charge in [-0.05, 0) is 48.4 Å². The van der Waals surface area contributed by atoms with E-state index in [1.165, 1.54) is 120 Å². The molecule has 0 saturated carbocycles. The summed E-state index contributed by atoms with van der Waals surface area (Å²) >= 11 is 0. The fourth-order valence-electron chi connectivity index (χ4n) is 5.00. The second-order valence-electron chi connectivity index (χ2n) is 10.5. The predicted molar refractivity (Wildman–Crippen MR) is 159 cm³/mol. The van der Waals surface area contributed by atoms with Crippen LogP contribution in [0.15, 0.2) is 54.6 Å². The van der Waals surface area contributed by atoms with Crippen molar-refractivity contribution in [3.05, 3.63) is 76.9 Å². The molecule has 0 aliphatic heterocycles. The maximum absolute atomic E-state index is 12.4. The first kappa shape index (κ1) is 30.1. The predicted octanol–water partition coefficient (Wildman–Crippen LogP) is 10.9. The van der Waals surface area contributed by atoms with E-state index in [1.807, 2.05) is 36.4 Å².